The number of pyridine rings is 3. The van der Waals surface area contributed by atoms with Crippen LogP contribution < -0.4 is 4.74 Å². The molecule has 16 aromatic rings. The summed E-state index contributed by atoms with van der Waals surface area (Å²) in [6, 6.07) is 76.7. The summed E-state index contributed by atoms with van der Waals surface area (Å²) >= 11 is 0. The Bertz CT molecular complexity index is 5520. The average molecular weight is 1050 g/mol. The van der Waals surface area contributed by atoms with Crippen LogP contribution in [0.3, 0.4) is 0 Å². The van der Waals surface area contributed by atoms with Gasteiger partial charge in [-0.3, -0.25) is 15.0 Å². The highest BCUT2D eigenvalue weighted by atomic mass is 16.5. The van der Waals surface area contributed by atoms with Gasteiger partial charge in [0.2, 0.25) is 0 Å². The molecule has 1 spiro atoms. The molecule has 18 rings (SSSR count). The first-order valence-corrected chi connectivity index (χ1v) is 27.2. The zero-order valence-electron chi connectivity index (χ0n) is 43.4. The molecule has 2 aliphatic rings. The van der Waals surface area contributed by atoms with Crippen LogP contribution in [0.5, 0.6) is 11.5 Å². The Morgan fingerprint density at radius 3 is 1.37 bits per heavy atom. The van der Waals surface area contributed by atoms with E-state index < -0.39 is 5.41 Å². The molecule has 7 aromatic heterocycles. The lowest BCUT2D eigenvalue weighted by atomic mass is 9.66. The predicted octanol–water partition coefficient (Wildman–Crippen LogP) is 17.2. The summed E-state index contributed by atoms with van der Waals surface area (Å²) < 4.78 is 17.1. The molecule has 0 bridgehead atoms. The van der Waals surface area contributed by atoms with Gasteiger partial charge in [-0.1, -0.05) is 121 Å². The maximum atomic E-state index is 10.2. The highest BCUT2D eigenvalue weighted by Crippen LogP contribution is 2.64. The van der Waals surface area contributed by atoms with Crippen molar-refractivity contribution in [3.05, 3.63) is 276 Å². The number of hydrogen-bond acceptors (Lipinski definition) is 5. The van der Waals surface area contributed by atoms with Crippen molar-refractivity contribution < 1.29 is 4.74 Å². The fraction of sp³-hybridized carbons (Fsp3) is 0.0139. The van der Waals surface area contributed by atoms with Crippen LogP contribution >= 0.6 is 0 Å². The van der Waals surface area contributed by atoms with Crippen LogP contribution in [0.15, 0.2) is 237 Å². The number of nitriles is 1. The molecular formula is C72H39N9O. The predicted molar refractivity (Wildman–Crippen MR) is 326 cm³/mol. The molecule has 1 unspecified atom stereocenters. The van der Waals surface area contributed by atoms with Crippen molar-refractivity contribution >= 4 is 92.9 Å². The van der Waals surface area contributed by atoms with E-state index in [9.17, 15) is 5.26 Å². The normalized spacial score (nSPS) is 14.2. The molecule has 1 aliphatic carbocycles. The second-order valence-corrected chi connectivity index (χ2v) is 21.3. The smallest absolute Gasteiger partial charge is 0.188 e. The molecule has 10 heteroatoms. The van der Waals surface area contributed by atoms with Crippen molar-refractivity contribution in [1.29, 1.82) is 5.26 Å². The third-order valence-electron chi connectivity index (χ3n) is 17.4. The Morgan fingerprint density at radius 1 is 0.402 bits per heavy atom. The number of hydrogen-bond donors (Lipinski definition) is 0. The van der Waals surface area contributed by atoms with Crippen molar-refractivity contribution in [3.8, 4) is 51.7 Å². The average Bonchev–Trinajstić information content (AvgIpc) is 1.63. The standard InChI is InChI=1S/C72H39N9O/c1-74-43-29-31-64-53(35-43)50-18-6-11-25-62(50)80(64)65-26-12-19-54-70(65)82-71-55(20-13-27-66(71)81-61-24-10-4-16-48(61)51-32-33-75-41-67(51)81)72(54)56-36-44(78-58-21-7-2-14-46(58)47-15-3-8-22-59(47)78)39-76-68(56)69-57(72)37-45(40-77-69)79-60-23-9-5-17-49(60)52-34-42(38-73)28-30-63(52)79/h2-37,39-41H. The van der Waals surface area contributed by atoms with Crippen LogP contribution in [0.1, 0.15) is 27.8 Å². The first kappa shape index (κ1) is 44.4. The fourth-order valence-corrected chi connectivity index (χ4v) is 14.2. The monoisotopic (exact) mass is 1050 g/mol. The van der Waals surface area contributed by atoms with Crippen molar-refractivity contribution in [2.24, 2.45) is 0 Å². The van der Waals surface area contributed by atoms with Crippen LogP contribution in [-0.2, 0) is 5.41 Å². The molecular weight excluding hydrogens is 1010 g/mol. The summed E-state index contributed by atoms with van der Waals surface area (Å²) in [4.78, 5) is 19.8. The highest BCUT2D eigenvalue weighted by Gasteiger charge is 2.54. The summed E-state index contributed by atoms with van der Waals surface area (Å²) in [6.07, 6.45) is 7.79. The van der Waals surface area contributed by atoms with Crippen LogP contribution in [-0.4, -0.2) is 33.2 Å². The Morgan fingerprint density at radius 2 is 0.841 bits per heavy atom. The summed E-state index contributed by atoms with van der Waals surface area (Å²) in [5.41, 5.74) is 16.8. The highest BCUT2D eigenvalue weighted by molar-refractivity contribution is 6.13. The number of benzene rings is 9. The summed E-state index contributed by atoms with van der Waals surface area (Å²) in [5.74, 6) is 1.35. The minimum atomic E-state index is -1.13. The SMILES string of the molecule is [C-]#[N+]c1ccc2c(c1)c1ccccc1n2-c1cccc2c1Oc1c(-n3c4ccccc4c4ccncc43)cccc1C21c2cc(-n3c4ccccc4c4ccccc43)cnc2-c2ncc(-n3c4ccccc4c4cc(C#N)ccc43)cc21. The number of ether oxygens (including phenoxy) is 1. The van der Waals surface area contributed by atoms with E-state index in [2.05, 4.69) is 217 Å². The van der Waals surface area contributed by atoms with Crippen molar-refractivity contribution in [1.82, 2.24) is 33.2 Å². The molecule has 0 radical (unpaired) electrons. The molecule has 8 heterocycles. The van der Waals surface area contributed by atoms with Gasteiger partial charge in [0.25, 0.3) is 0 Å². The number of para-hydroxylation sites is 7. The molecule has 10 nitrogen and oxygen atoms in total. The van der Waals surface area contributed by atoms with Crippen LogP contribution in [0, 0.1) is 17.9 Å². The zero-order valence-corrected chi connectivity index (χ0v) is 43.4. The van der Waals surface area contributed by atoms with Crippen molar-refractivity contribution in [2.75, 3.05) is 0 Å². The van der Waals surface area contributed by atoms with Gasteiger partial charge >= 0.3 is 0 Å². The van der Waals surface area contributed by atoms with E-state index in [1.54, 1.807) is 0 Å². The zero-order chi connectivity index (χ0) is 53.9. The summed E-state index contributed by atoms with van der Waals surface area (Å²) in [7, 11) is 0. The van der Waals surface area contributed by atoms with Crippen molar-refractivity contribution in [3.63, 3.8) is 0 Å². The lowest BCUT2D eigenvalue weighted by Crippen LogP contribution is -2.33. The van der Waals surface area contributed by atoms with E-state index in [-0.39, 0.29) is 0 Å². The fourth-order valence-electron chi connectivity index (χ4n) is 14.2. The molecule has 1 aliphatic heterocycles. The minimum Gasteiger partial charge on any atom is -0.452 e. The largest absolute Gasteiger partial charge is 0.452 e. The van der Waals surface area contributed by atoms with Gasteiger partial charge in [-0.05, 0) is 96.4 Å². The molecule has 0 N–H and O–H groups in total. The number of nitrogens with zero attached hydrogens (tertiary/aromatic N) is 9. The van der Waals surface area contributed by atoms with E-state index in [1.807, 2.05) is 49.1 Å². The van der Waals surface area contributed by atoms with E-state index in [0.717, 1.165) is 144 Å². The number of rotatable bonds is 4. The Kier molecular flexibility index (Phi) is 8.80. The second kappa shape index (κ2) is 16.2. The van der Waals surface area contributed by atoms with Crippen molar-refractivity contribution in [2.45, 2.75) is 5.41 Å². The maximum absolute atomic E-state index is 10.2. The van der Waals surface area contributed by atoms with Crippen LogP contribution in [0.4, 0.5) is 5.69 Å². The third-order valence-corrected chi connectivity index (χ3v) is 17.4. The molecule has 0 amide bonds. The Labute approximate surface area is 467 Å². The van der Waals surface area contributed by atoms with Gasteiger partial charge in [-0.15, -0.1) is 0 Å². The van der Waals surface area contributed by atoms with Gasteiger partial charge in [0, 0.05) is 66.2 Å². The van der Waals surface area contributed by atoms with E-state index in [1.165, 1.54) is 0 Å². The first-order chi connectivity index (χ1) is 40.6. The van der Waals surface area contributed by atoms with Crippen LogP contribution in [0.2, 0.25) is 0 Å². The first-order valence-electron chi connectivity index (χ1n) is 27.2. The topological polar surface area (TPSA) is 95.8 Å². The molecule has 0 saturated carbocycles. The Balaban J connectivity index is 1.02. The van der Waals surface area contributed by atoms with Gasteiger partial charge in [0.05, 0.1) is 120 Å². The van der Waals surface area contributed by atoms with E-state index in [0.29, 0.717) is 22.7 Å². The van der Waals surface area contributed by atoms with Crippen LogP contribution in [0.25, 0.3) is 126 Å². The van der Waals surface area contributed by atoms with Gasteiger partial charge in [0.15, 0.2) is 17.2 Å². The summed E-state index contributed by atoms with van der Waals surface area (Å²) in [5, 5.41) is 18.7. The Hall–Kier alpha value is -11.6. The quantitative estimate of drug-likeness (QED) is 0.164. The van der Waals surface area contributed by atoms with E-state index >= 15 is 0 Å². The van der Waals surface area contributed by atoms with Gasteiger partial charge < -0.3 is 23.0 Å². The molecule has 1 atom stereocenters. The maximum Gasteiger partial charge on any atom is 0.188 e. The van der Waals surface area contributed by atoms with Gasteiger partial charge in [-0.25, -0.2) is 4.85 Å². The number of fused-ring (bicyclic) bond motifs is 21. The van der Waals surface area contributed by atoms with Gasteiger partial charge in [-0.2, -0.15) is 5.26 Å². The van der Waals surface area contributed by atoms with Gasteiger partial charge in [0.1, 0.15) is 0 Å². The number of aromatic nitrogens is 7. The molecule has 9 aromatic carbocycles. The minimum absolute atomic E-state index is 0.572. The molecule has 378 valence electrons. The lowest BCUT2D eigenvalue weighted by Gasteiger charge is -2.40. The molecule has 82 heavy (non-hydrogen) atoms. The third kappa shape index (κ3) is 5.66. The molecule has 0 fully saturated rings. The second-order valence-electron chi connectivity index (χ2n) is 21.3. The molecule has 0 saturated heterocycles. The summed E-state index contributed by atoms with van der Waals surface area (Å²) in [6.45, 7) is 8.05. The lowest BCUT2D eigenvalue weighted by molar-refractivity contribution is 0.433. The van der Waals surface area contributed by atoms with E-state index in [4.69, 9.17) is 26.3 Å².